The van der Waals surface area contributed by atoms with Crippen LogP contribution in [0.25, 0.3) is 0 Å². The number of rotatable bonds is 5. The van der Waals surface area contributed by atoms with Gasteiger partial charge in [-0.05, 0) is 71.1 Å². The zero-order valence-corrected chi connectivity index (χ0v) is 14.2. The lowest BCUT2D eigenvalue weighted by molar-refractivity contribution is 0.104. The summed E-state index contributed by atoms with van der Waals surface area (Å²) in [5.74, 6) is 2.54. The molecule has 5 atom stereocenters. The van der Waals surface area contributed by atoms with Crippen molar-refractivity contribution in [1.29, 1.82) is 0 Å². The van der Waals surface area contributed by atoms with E-state index in [0.717, 1.165) is 23.8 Å². The third kappa shape index (κ3) is 3.96. The van der Waals surface area contributed by atoms with E-state index in [2.05, 4.69) is 50.1 Å². The molecule has 1 saturated carbocycles. The van der Waals surface area contributed by atoms with Crippen molar-refractivity contribution in [2.75, 3.05) is 40.8 Å². The molecule has 0 aromatic rings. The summed E-state index contributed by atoms with van der Waals surface area (Å²) in [6.45, 7) is 8.65. The Bertz CT molecular complexity index is 294. The van der Waals surface area contributed by atoms with Crippen LogP contribution in [0.1, 0.15) is 39.5 Å². The normalized spacial score (nSPS) is 39.6. The lowest BCUT2D eigenvalue weighted by Crippen LogP contribution is -2.48. The number of likely N-dealkylation sites (tertiary alicyclic amines) is 1. The second-order valence-corrected chi connectivity index (χ2v) is 7.61. The Hall–Kier alpha value is -0.120. The van der Waals surface area contributed by atoms with Gasteiger partial charge in [0.25, 0.3) is 0 Å². The van der Waals surface area contributed by atoms with Crippen LogP contribution in [0, 0.1) is 17.8 Å². The van der Waals surface area contributed by atoms with Crippen LogP contribution in [-0.4, -0.2) is 62.7 Å². The molecule has 5 unspecified atom stereocenters. The molecule has 0 spiro atoms. The molecule has 0 radical (unpaired) electrons. The molecule has 1 aliphatic heterocycles. The van der Waals surface area contributed by atoms with Crippen molar-refractivity contribution in [3.05, 3.63) is 0 Å². The molecule has 2 fully saturated rings. The highest BCUT2D eigenvalue weighted by Crippen LogP contribution is 2.34. The summed E-state index contributed by atoms with van der Waals surface area (Å²) in [7, 11) is 6.75. The second kappa shape index (κ2) is 7.24. The fourth-order valence-corrected chi connectivity index (χ4v) is 4.55. The maximum atomic E-state index is 3.59. The van der Waals surface area contributed by atoms with E-state index in [1.165, 1.54) is 45.3 Å². The lowest BCUT2D eigenvalue weighted by atomic mass is 9.72. The molecule has 1 saturated heterocycles. The third-order valence-electron chi connectivity index (χ3n) is 5.77. The number of nitrogens with one attached hydrogen (secondary N) is 1. The first-order chi connectivity index (χ1) is 9.51. The third-order valence-corrected chi connectivity index (χ3v) is 5.77. The van der Waals surface area contributed by atoms with Gasteiger partial charge in [-0.2, -0.15) is 0 Å². The summed E-state index contributed by atoms with van der Waals surface area (Å²) < 4.78 is 0. The zero-order valence-electron chi connectivity index (χ0n) is 14.2. The molecule has 1 aliphatic carbocycles. The zero-order chi connectivity index (χ0) is 14.7. The summed E-state index contributed by atoms with van der Waals surface area (Å²) in [6.07, 6.45) is 5.52. The van der Waals surface area contributed by atoms with E-state index in [1.807, 2.05) is 0 Å². The van der Waals surface area contributed by atoms with Gasteiger partial charge in [0.1, 0.15) is 0 Å². The van der Waals surface area contributed by atoms with Gasteiger partial charge in [0.15, 0.2) is 0 Å². The Labute approximate surface area is 126 Å². The van der Waals surface area contributed by atoms with E-state index in [9.17, 15) is 0 Å². The van der Waals surface area contributed by atoms with Crippen LogP contribution in [-0.2, 0) is 0 Å². The average Bonchev–Trinajstić information content (AvgIpc) is 2.78. The Morgan fingerprint density at radius 1 is 1.20 bits per heavy atom. The molecule has 2 rings (SSSR count). The van der Waals surface area contributed by atoms with E-state index in [0.29, 0.717) is 6.04 Å². The topological polar surface area (TPSA) is 18.5 Å². The number of hydrogen-bond donors (Lipinski definition) is 1. The van der Waals surface area contributed by atoms with Gasteiger partial charge in [0, 0.05) is 25.2 Å². The predicted molar refractivity (Wildman–Crippen MR) is 87.0 cm³/mol. The molecular formula is C17H35N3. The molecule has 20 heavy (non-hydrogen) atoms. The molecule has 0 aromatic carbocycles. The summed E-state index contributed by atoms with van der Waals surface area (Å²) >= 11 is 0. The van der Waals surface area contributed by atoms with Gasteiger partial charge in [0.2, 0.25) is 0 Å². The number of hydrogen-bond acceptors (Lipinski definition) is 3. The van der Waals surface area contributed by atoms with E-state index in [1.54, 1.807) is 0 Å². The molecule has 0 bridgehead atoms. The van der Waals surface area contributed by atoms with Crippen molar-refractivity contribution in [3.8, 4) is 0 Å². The van der Waals surface area contributed by atoms with Crippen molar-refractivity contribution < 1.29 is 0 Å². The van der Waals surface area contributed by atoms with Gasteiger partial charge < -0.3 is 15.1 Å². The van der Waals surface area contributed by atoms with Crippen LogP contribution in [0.5, 0.6) is 0 Å². The van der Waals surface area contributed by atoms with Gasteiger partial charge in [-0.15, -0.1) is 0 Å². The van der Waals surface area contributed by atoms with Gasteiger partial charge in [-0.3, -0.25) is 0 Å². The Morgan fingerprint density at radius 2 is 1.95 bits per heavy atom. The van der Waals surface area contributed by atoms with Crippen LogP contribution in [0.2, 0.25) is 0 Å². The van der Waals surface area contributed by atoms with E-state index < -0.39 is 0 Å². The van der Waals surface area contributed by atoms with Gasteiger partial charge >= 0.3 is 0 Å². The van der Waals surface area contributed by atoms with Crippen molar-refractivity contribution in [3.63, 3.8) is 0 Å². The van der Waals surface area contributed by atoms with Gasteiger partial charge in [-0.25, -0.2) is 0 Å². The molecule has 2 aliphatic rings. The second-order valence-electron chi connectivity index (χ2n) is 7.61. The summed E-state index contributed by atoms with van der Waals surface area (Å²) in [5.41, 5.74) is 0. The Morgan fingerprint density at radius 3 is 2.55 bits per heavy atom. The number of likely N-dealkylation sites (N-methyl/N-ethyl adjacent to an activating group) is 2. The SMILES string of the molecule is CNC1CC(C)CC(C)C1CN(C)CC1CCCN1C. The van der Waals surface area contributed by atoms with E-state index in [4.69, 9.17) is 0 Å². The monoisotopic (exact) mass is 281 g/mol. The molecule has 0 aromatic heterocycles. The summed E-state index contributed by atoms with van der Waals surface area (Å²) in [6, 6.07) is 1.49. The Kier molecular flexibility index (Phi) is 5.88. The maximum absolute atomic E-state index is 3.59. The highest BCUT2D eigenvalue weighted by molar-refractivity contribution is 4.89. The molecule has 3 heteroatoms. The van der Waals surface area contributed by atoms with E-state index >= 15 is 0 Å². The first-order valence-corrected chi connectivity index (χ1v) is 8.57. The van der Waals surface area contributed by atoms with Gasteiger partial charge in [0.05, 0.1) is 0 Å². The molecular weight excluding hydrogens is 246 g/mol. The smallest absolute Gasteiger partial charge is 0.0220 e. The highest BCUT2D eigenvalue weighted by atomic mass is 15.2. The summed E-state index contributed by atoms with van der Waals surface area (Å²) in [5, 5.41) is 3.59. The predicted octanol–water partition coefficient (Wildman–Crippen LogP) is 2.28. The van der Waals surface area contributed by atoms with Crippen molar-refractivity contribution in [2.45, 2.75) is 51.6 Å². The quantitative estimate of drug-likeness (QED) is 0.834. The summed E-state index contributed by atoms with van der Waals surface area (Å²) in [4.78, 5) is 5.13. The minimum Gasteiger partial charge on any atom is -0.317 e. The fourth-order valence-electron chi connectivity index (χ4n) is 4.55. The van der Waals surface area contributed by atoms with Crippen LogP contribution < -0.4 is 5.32 Å². The highest BCUT2D eigenvalue weighted by Gasteiger charge is 2.34. The average molecular weight is 281 g/mol. The molecule has 0 amide bonds. The largest absolute Gasteiger partial charge is 0.317 e. The Balaban J connectivity index is 1.86. The maximum Gasteiger partial charge on any atom is 0.0220 e. The lowest BCUT2D eigenvalue weighted by Gasteiger charge is -2.42. The van der Waals surface area contributed by atoms with Crippen molar-refractivity contribution in [2.24, 2.45) is 17.8 Å². The van der Waals surface area contributed by atoms with Crippen LogP contribution in [0.15, 0.2) is 0 Å². The molecule has 3 nitrogen and oxygen atoms in total. The van der Waals surface area contributed by atoms with Gasteiger partial charge in [-0.1, -0.05) is 13.8 Å². The standard InChI is InChI=1S/C17H35N3/c1-13-9-14(2)16(17(10-13)18-3)12-19(4)11-15-7-6-8-20(15)5/h13-18H,6-12H2,1-5H3. The minimum atomic E-state index is 0.706. The molecule has 1 N–H and O–H groups in total. The minimum absolute atomic E-state index is 0.706. The fraction of sp³-hybridized carbons (Fsp3) is 1.00. The van der Waals surface area contributed by atoms with Crippen molar-refractivity contribution >= 4 is 0 Å². The molecule has 118 valence electrons. The van der Waals surface area contributed by atoms with Crippen LogP contribution in [0.4, 0.5) is 0 Å². The number of nitrogens with zero attached hydrogens (tertiary/aromatic N) is 2. The van der Waals surface area contributed by atoms with Crippen molar-refractivity contribution in [1.82, 2.24) is 15.1 Å². The molecule has 1 heterocycles. The van der Waals surface area contributed by atoms with Crippen LogP contribution >= 0.6 is 0 Å². The van der Waals surface area contributed by atoms with E-state index in [-0.39, 0.29) is 0 Å². The van der Waals surface area contributed by atoms with Crippen LogP contribution in [0.3, 0.4) is 0 Å². The first kappa shape index (κ1) is 16.3. The first-order valence-electron chi connectivity index (χ1n) is 8.57.